The lowest BCUT2D eigenvalue weighted by Crippen LogP contribution is -3.15. The number of fused-ring (bicyclic) bond motifs is 2. The van der Waals surface area contributed by atoms with E-state index in [1.165, 1.54) is 19.4 Å². The van der Waals surface area contributed by atoms with Gasteiger partial charge in [0.15, 0.2) is 6.61 Å². The molecule has 1 aliphatic heterocycles. The number of carbonyl (C=O) groups is 1. The zero-order valence-electron chi connectivity index (χ0n) is 14.5. The number of nitrogens with one attached hydrogen (secondary N) is 1. The molecule has 1 N–H and O–H groups in total. The Morgan fingerprint density at radius 1 is 1.16 bits per heavy atom. The lowest BCUT2D eigenvalue weighted by Gasteiger charge is -2.34. The number of carbonyl (C=O) groups excluding carboxylic acids is 1. The molecule has 4 nitrogen and oxygen atoms in total. The van der Waals surface area contributed by atoms with Gasteiger partial charge >= 0.3 is 0 Å². The summed E-state index contributed by atoms with van der Waals surface area (Å²) in [5.74, 6) is 3.30. The van der Waals surface area contributed by atoms with Crippen LogP contribution in [0.15, 0.2) is 36.4 Å². The molecule has 4 rings (SSSR count). The highest BCUT2D eigenvalue weighted by atomic mass is 35.5. The van der Waals surface area contributed by atoms with Gasteiger partial charge in [-0.3, -0.25) is 4.79 Å². The van der Waals surface area contributed by atoms with E-state index >= 15 is 0 Å². The lowest BCUT2D eigenvalue weighted by molar-refractivity contribution is -0.907. The highest BCUT2D eigenvalue weighted by Crippen LogP contribution is 2.42. The SMILES string of the molecule is O=C(COc1ccc(Cl)cc1)N1CC[NH+](C[C@@H]2C[C@H]3C=C[C@H]2C3)CC1. The number of halogens is 1. The van der Waals surface area contributed by atoms with Crippen LogP contribution in [0.25, 0.3) is 0 Å². The van der Waals surface area contributed by atoms with Gasteiger partial charge < -0.3 is 14.5 Å². The summed E-state index contributed by atoms with van der Waals surface area (Å²) >= 11 is 5.85. The maximum atomic E-state index is 12.4. The average molecular weight is 362 g/mol. The lowest BCUT2D eigenvalue weighted by atomic mass is 9.93. The van der Waals surface area contributed by atoms with E-state index in [4.69, 9.17) is 16.3 Å². The van der Waals surface area contributed by atoms with Crippen molar-refractivity contribution >= 4 is 17.5 Å². The maximum Gasteiger partial charge on any atom is 0.260 e. The third kappa shape index (κ3) is 4.01. The van der Waals surface area contributed by atoms with Gasteiger partial charge in [-0.2, -0.15) is 0 Å². The monoisotopic (exact) mass is 361 g/mol. The van der Waals surface area contributed by atoms with Crippen molar-refractivity contribution in [1.82, 2.24) is 4.90 Å². The summed E-state index contributed by atoms with van der Waals surface area (Å²) in [7, 11) is 0. The predicted octanol–water partition coefficient (Wildman–Crippen LogP) is 1.66. The molecule has 1 saturated carbocycles. The molecular formula is C20H26ClN2O2+. The first kappa shape index (κ1) is 16.9. The molecule has 134 valence electrons. The van der Waals surface area contributed by atoms with Crippen LogP contribution >= 0.6 is 11.6 Å². The van der Waals surface area contributed by atoms with E-state index in [-0.39, 0.29) is 12.5 Å². The minimum absolute atomic E-state index is 0.0804. The Balaban J connectivity index is 1.19. The first-order valence-corrected chi connectivity index (χ1v) is 9.73. The summed E-state index contributed by atoms with van der Waals surface area (Å²) in [6, 6.07) is 7.13. The van der Waals surface area contributed by atoms with Crippen molar-refractivity contribution in [2.45, 2.75) is 12.8 Å². The van der Waals surface area contributed by atoms with Gasteiger partial charge in [-0.25, -0.2) is 0 Å². The highest BCUT2D eigenvalue weighted by Gasteiger charge is 2.38. The number of rotatable bonds is 5. The molecule has 2 fully saturated rings. The molecule has 0 radical (unpaired) electrons. The molecule has 3 atom stereocenters. The van der Waals surface area contributed by atoms with E-state index in [2.05, 4.69) is 12.2 Å². The Morgan fingerprint density at radius 2 is 1.92 bits per heavy atom. The van der Waals surface area contributed by atoms with Crippen LogP contribution in [-0.4, -0.2) is 50.1 Å². The second-order valence-electron chi connectivity index (χ2n) is 7.62. The smallest absolute Gasteiger partial charge is 0.260 e. The van der Waals surface area contributed by atoms with Crippen molar-refractivity contribution in [3.8, 4) is 5.75 Å². The van der Waals surface area contributed by atoms with Gasteiger partial charge in [0, 0.05) is 10.9 Å². The molecule has 1 aromatic rings. The number of benzene rings is 1. The minimum atomic E-state index is 0.0804. The average Bonchev–Trinajstić information content (AvgIpc) is 3.25. The molecule has 3 aliphatic rings. The fourth-order valence-electron chi connectivity index (χ4n) is 4.54. The standard InChI is InChI=1S/C20H25ClN2O2/c21-18-3-5-19(6-4-18)25-14-20(24)23-9-7-22(8-10-23)13-17-12-15-1-2-16(17)11-15/h1-6,15-17H,7-14H2/p+1/t15-,16-,17-/m0/s1. The second-order valence-corrected chi connectivity index (χ2v) is 8.05. The van der Waals surface area contributed by atoms with Crippen molar-refractivity contribution in [3.05, 3.63) is 41.4 Å². The third-order valence-corrected chi connectivity index (χ3v) is 6.22. The van der Waals surface area contributed by atoms with E-state index in [0.717, 1.165) is 43.9 Å². The Hall–Kier alpha value is -1.52. The summed E-state index contributed by atoms with van der Waals surface area (Å²) in [5.41, 5.74) is 0. The minimum Gasteiger partial charge on any atom is -0.484 e. The van der Waals surface area contributed by atoms with Gasteiger partial charge in [0.2, 0.25) is 0 Å². The zero-order chi connectivity index (χ0) is 17.2. The van der Waals surface area contributed by atoms with Gasteiger partial charge in [0.25, 0.3) is 5.91 Å². The summed E-state index contributed by atoms with van der Waals surface area (Å²) in [4.78, 5) is 16.0. The van der Waals surface area contributed by atoms with Gasteiger partial charge in [0.05, 0.1) is 32.7 Å². The number of allylic oxidation sites excluding steroid dienone is 2. The van der Waals surface area contributed by atoms with Crippen molar-refractivity contribution < 1.29 is 14.4 Å². The van der Waals surface area contributed by atoms with Crippen molar-refractivity contribution in [2.75, 3.05) is 39.3 Å². The van der Waals surface area contributed by atoms with Crippen LogP contribution in [0.2, 0.25) is 5.02 Å². The fourth-order valence-corrected chi connectivity index (χ4v) is 4.67. The van der Waals surface area contributed by atoms with Crippen LogP contribution in [0.1, 0.15) is 12.8 Å². The maximum absolute atomic E-state index is 12.4. The molecule has 1 saturated heterocycles. The highest BCUT2D eigenvalue weighted by molar-refractivity contribution is 6.30. The van der Waals surface area contributed by atoms with E-state index in [1.54, 1.807) is 29.2 Å². The van der Waals surface area contributed by atoms with Crippen molar-refractivity contribution in [3.63, 3.8) is 0 Å². The van der Waals surface area contributed by atoms with E-state index in [1.807, 2.05) is 4.90 Å². The predicted molar refractivity (Wildman–Crippen MR) is 97.9 cm³/mol. The molecule has 1 aromatic carbocycles. The van der Waals surface area contributed by atoms with Crippen LogP contribution in [0, 0.1) is 17.8 Å². The van der Waals surface area contributed by atoms with Crippen molar-refractivity contribution in [2.24, 2.45) is 17.8 Å². The van der Waals surface area contributed by atoms with E-state index in [0.29, 0.717) is 10.8 Å². The largest absolute Gasteiger partial charge is 0.484 e. The fraction of sp³-hybridized carbons (Fsp3) is 0.550. The number of hydrogen-bond acceptors (Lipinski definition) is 2. The van der Waals surface area contributed by atoms with Gasteiger partial charge in [-0.05, 0) is 48.9 Å². The Kier molecular flexibility index (Phi) is 5.00. The van der Waals surface area contributed by atoms with Gasteiger partial charge in [-0.1, -0.05) is 23.8 Å². The molecule has 25 heavy (non-hydrogen) atoms. The topological polar surface area (TPSA) is 34.0 Å². The molecule has 0 unspecified atom stereocenters. The quantitative estimate of drug-likeness (QED) is 0.809. The number of hydrogen-bond donors (Lipinski definition) is 1. The number of ether oxygens (including phenoxy) is 1. The summed E-state index contributed by atoms with van der Waals surface area (Å²) in [6.45, 7) is 5.18. The first-order valence-electron chi connectivity index (χ1n) is 9.35. The first-order chi connectivity index (χ1) is 12.2. The molecule has 0 spiro atoms. The Bertz CT molecular complexity index is 638. The van der Waals surface area contributed by atoms with Crippen LogP contribution < -0.4 is 9.64 Å². The Morgan fingerprint density at radius 3 is 2.56 bits per heavy atom. The molecule has 1 amide bonds. The van der Waals surface area contributed by atoms with Gasteiger partial charge in [-0.15, -0.1) is 0 Å². The number of nitrogens with zero attached hydrogens (tertiary/aromatic N) is 1. The summed E-state index contributed by atoms with van der Waals surface area (Å²) in [6.07, 6.45) is 7.60. The molecule has 2 bridgehead atoms. The number of amides is 1. The number of piperazine rings is 1. The van der Waals surface area contributed by atoms with E-state index < -0.39 is 0 Å². The summed E-state index contributed by atoms with van der Waals surface area (Å²) in [5, 5.41) is 0.670. The summed E-state index contributed by atoms with van der Waals surface area (Å²) < 4.78 is 5.58. The molecule has 5 heteroatoms. The number of quaternary nitrogens is 1. The van der Waals surface area contributed by atoms with Crippen LogP contribution in [0.3, 0.4) is 0 Å². The molecular weight excluding hydrogens is 336 g/mol. The van der Waals surface area contributed by atoms with Crippen LogP contribution in [0.5, 0.6) is 5.75 Å². The van der Waals surface area contributed by atoms with E-state index in [9.17, 15) is 4.79 Å². The zero-order valence-corrected chi connectivity index (χ0v) is 15.3. The van der Waals surface area contributed by atoms with Crippen LogP contribution in [-0.2, 0) is 4.79 Å². The molecule has 2 aliphatic carbocycles. The third-order valence-electron chi connectivity index (χ3n) is 5.97. The molecule has 1 heterocycles. The second kappa shape index (κ2) is 7.38. The molecule has 0 aromatic heterocycles. The van der Waals surface area contributed by atoms with Gasteiger partial charge in [0.1, 0.15) is 5.75 Å². The Labute approximate surface area is 154 Å². The normalized spacial score (nSPS) is 28.5. The van der Waals surface area contributed by atoms with Crippen molar-refractivity contribution in [1.29, 1.82) is 0 Å². The van der Waals surface area contributed by atoms with Crippen LogP contribution in [0.4, 0.5) is 0 Å².